The molecule has 214 valence electrons. The third-order valence-electron chi connectivity index (χ3n) is 8.94. The van der Waals surface area contributed by atoms with E-state index in [1.807, 2.05) is 0 Å². The number of nitrogens with one attached hydrogen (secondary N) is 2. The Hall–Kier alpha value is -3.27. The standard InChI is InChI=1S/C30H39F2N7O/c1-19(38-15-3-2-4-16-38)20-5-10-23(11-6-20)39-28-27(36-30(39)35-26-14-7-21(31)17-25(26)32)18-33-29(37-28)34-22-8-12-24(40)13-9-22/h7,14,17-18,20,22-24,40H,1-6,8-13,15-16H2,(H,35,36)(H,33,34,37)/t20-,22?,23+,24?. The Kier molecular flexibility index (Phi) is 7.87. The molecule has 0 unspecified atom stereocenters. The van der Waals surface area contributed by atoms with Crippen LogP contribution in [-0.4, -0.2) is 54.8 Å². The molecule has 3 fully saturated rings. The summed E-state index contributed by atoms with van der Waals surface area (Å²) in [7, 11) is 0. The van der Waals surface area contributed by atoms with Crippen LogP contribution in [0, 0.1) is 17.6 Å². The summed E-state index contributed by atoms with van der Waals surface area (Å²) in [5.74, 6) is 0.171. The van der Waals surface area contributed by atoms with Crippen LogP contribution in [0.3, 0.4) is 0 Å². The second-order valence-electron chi connectivity index (χ2n) is 11.7. The molecule has 40 heavy (non-hydrogen) atoms. The highest BCUT2D eigenvalue weighted by Gasteiger charge is 2.30. The first kappa shape index (κ1) is 26.9. The topological polar surface area (TPSA) is 91.1 Å². The number of rotatable bonds is 7. The average molecular weight is 552 g/mol. The van der Waals surface area contributed by atoms with Gasteiger partial charge in [0.25, 0.3) is 0 Å². The molecule has 1 aromatic carbocycles. The van der Waals surface area contributed by atoms with Gasteiger partial charge in [-0.05, 0) is 88.7 Å². The highest BCUT2D eigenvalue weighted by molar-refractivity contribution is 5.76. The number of aliphatic hydroxyl groups is 1. The van der Waals surface area contributed by atoms with Crippen molar-refractivity contribution in [3.63, 3.8) is 0 Å². The molecule has 0 amide bonds. The van der Waals surface area contributed by atoms with Crippen LogP contribution in [0.5, 0.6) is 0 Å². The van der Waals surface area contributed by atoms with E-state index in [1.54, 1.807) is 6.20 Å². The van der Waals surface area contributed by atoms with E-state index in [-0.39, 0.29) is 23.9 Å². The first-order valence-corrected chi connectivity index (χ1v) is 14.8. The number of benzene rings is 1. The number of halogens is 2. The van der Waals surface area contributed by atoms with E-state index < -0.39 is 11.6 Å². The maximum absolute atomic E-state index is 14.6. The molecule has 10 heteroatoms. The van der Waals surface area contributed by atoms with E-state index in [2.05, 4.69) is 31.7 Å². The summed E-state index contributed by atoms with van der Waals surface area (Å²) in [5.41, 5.74) is 2.75. The molecule has 0 radical (unpaired) electrons. The van der Waals surface area contributed by atoms with E-state index >= 15 is 0 Å². The lowest BCUT2D eigenvalue weighted by Crippen LogP contribution is -2.33. The van der Waals surface area contributed by atoms with Crippen LogP contribution in [-0.2, 0) is 0 Å². The van der Waals surface area contributed by atoms with Crippen LogP contribution in [0.15, 0.2) is 36.7 Å². The summed E-state index contributed by atoms with van der Waals surface area (Å²) < 4.78 is 30.3. The third kappa shape index (κ3) is 5.77. The van der Waals surface area contributed by atoms with Gasteiger partial charge < -0.3 is 20.6 Å². The molecule has 2 aliphatic carbocycles. The Bertz CT molecular complexity index is 1340. The zero-order chi connectivity index (χ0) is 27.6. The van der Waals surface area contributed by atoms with Gasteiger partial charge >= 0.3 is 0 Å². The molecular formula is C30H39F2N7O. The first-order chi connectivity index (χ1) is 19.4. The van der Waals surface area contributed by atoms with Crippen LogP contribution in [0.4, 0.5) is 26.4 Å². The second-order valence-corrected chi connectivity index (χ2v) is 11.7. The summed E-state index contributed by atoms with van der Waals surface area (Å²) in [6.07, 6.45) is 12.4. The Morgan fingerprint density at radius 2 is 1.70 bits per heavy atom. The maximum atomic E-state index is 14.6. The highest BCUT2D eigenvalue weighted by atomic mass is 19.1. The molecule has 0 bridgehead atoms. The minimum atomic E-state index is -0.673. The normalized spacial score (nSPS) is 25.6. The van der Waals surface area contributed by atoms with Crippen LogP contribution in [0.1, 0.15) is 76.7 Å². The van der Waals surface area contributed by atoms with Crippen molar-refractivity contribution in [1.29, 1.82) is 0 Å². The van der Waals surface area contributed by atoms with E-state index in [0.717, 1.165) is 70.5 Å². The van der Waals surface area contributed by atoms with Crippen LogP contribution in [0.2, 0.25) is 0 Å². The summed E-state index contributed by atoms with van der Waals surface area (Å²) in [6, 6.07) is 3.83. The average Bonchev–Trinajstić information content (AvgIpc) is 3.33. The number of hydrogen-bond donors (Lipinski definition) is 3. The Morgan fingerprint density at radius 1 is 0.950 bits per heavy atom. The zero-order valence-corrected chi connectivity index (χ0v) is 23.0. The first-order valence-electron chi connectivity index (χ1n) is 14.8. The lowest BCUT2D eigenvalue weighted by atomic mass is 9.83. The molecular weight excluding hydrogens is 512 g/mol. The largest absolute Gasteiger partial charge is 0.393 e. The summed E-state index contributed by atoms with van der Waals surface area (Å²) in [4.78, 5) is 16.6. The fourth-order valence-corrected chi connectivity index (χ4v) is 6.62. The van der Waals surface area contributed by atoms with Crippen molar-refractivity contribution in [3.8, 4) is 0 Å². The fourth-order valence-electron chi connectivity index (χ4n) is 6.62. The monoisotopic (exact) mass is 551 g/mol. The van der Waals surface area contributed by atoms with E-state index in [9.17, 15) is 13.9 Å². The van der Waals surface area contributed by atoms with Gasteiger partial charge in [0.2, 0.25) is 11.9 Å². The lowest BCUT2D eigenvalue weighted by molar-refractivity contribution is 0.126. The van der Waals surface area contributed by atoms with Crippen LogP contribution < -0.4 is 10.6 Å². The Labute approximate surface area is 233 Å². The predicted molar refractivity (Wildman–Crippen MR) is 152 cm³/mol. The van der Waals surface area contributed by atoms with Crippen LogP contribution in [0.25, 0.3) is 11.2 Å². The number of nitrogens with zero attached hydrogens (tertiary/aromatic N) is 5. The molecule has 1 aliphatic heterocycles. The fraction of sp³-hybridized carbons (Fsp3) is 0.567. The van der Waals surface area contributed by atoms with Gasteiger partial charge in [0.1, 0.15) is 17.2 Å². The van der Waals surface area contributed by atoms with Gasteiger partial charge in [-0.15, -0.1) is 0 Å². The van der Waals surface area contributed by atoms with Crippen molar-refractivity contribution >= 4 is 28.7 Å². The van der Waals surface area contributed by atoms with Crippen molar-refractivity contribution in [2.24, 2.45) is 5.92 Å². The van der Waals surface area contributed by atoms with E-state index in [1.165, 1.54) is 37.1 Å². The SMILES string of the molecule is C=C([C@H]1CC[C@@H](n2c(Nc3ccc(F)cc3F)nc3cnc(NC4CCC(O)CC4)nc32)CC1)N1CCCCC1. The predicted octanol–water partition coefficient (Wildman–Crippen LogP) is 6.29. The molecule has 2 saturated carbocycles. The summed E-state index contributed by atoms with van der Waals surface area (Å²) in [6.45, 7) is 6.69. The van der Waals surface area contributed by atoms with E-state index in [4.69, 9.17) is 9.97 Å². The van der Waals surface area contributed by atoms with Crippen molar-refractivity contribution in [2.75, 3.05) is 23.7 Å². The van der Waals surface area contributed by atoms with Crippen molar-refractivity contribution in [1.82, 2.24) is 24.4 Å². The second kappa shape index (κ2) is 11.7. The van der Waals surface area contributed by atoms with Gasteiger partial charge in [0.15, 0.2) is 5.65 Å². The molecule has 3 aromatic rings. The molecule has 6 rings (SSSR count). The minimum Gasteiger partial charge on any atom is -0.393 e. The van der Waals surface area contributed by atoms with Crippen LogP contribution >= 0.6 is 0 Å². The number of aromatic nitrogens is 4. The van der Waals surface area contributed by atoms with Gasteiger partial charge in [-0.3, -0.25) is 4.57 Å². The number of imidazole rings is 1. The molecule has 2 aromatic heterocycles. The van der Waals surface area contributed by atoms with Gasteiger partial charge in [-0.25, -0.2) is 18.7 Å². The summed E-state index contributed by atoms with van der Waals surface area (Å²) in [5, 5.41) is 16.4. The number of hydrogen-bond acceptors (Lipinski definition) is 7. The van der Waals surface area contributed by atoms with Gasteiger partial charge in [0.05, 0.1) is 18.0 Å². The Balaban J connectivity index is 1.27. The van der Waals surface area contributed by atoms with Crippen molar-refractivity contribution in [2.45, 2.75) is 88.8 Å². The van der Waals surface area contributed by atoms with Gasteiger partial charge in [-0.1, -0.05) is 6.58 Å². The molecule has 8 nitrogen and oxygen atoms in total. The number of piperidine rings is 1. The summed E-state index contributed by atoms with van der Waals surface area (Å²) >= 11 is 0. The number of aliphatic hydroxyl groups excluding tert-OH is 1. The highest BCUT2D eigenvalue weighted by Crippen LogP contribution is 2.40. The number of fused-ring (bicyclic) bond motifs is 1. The maximum Gasteiger partial charge on any atom is 0.224 e. The molecule has 3 N–H and O–H groups in total. The zero-order valence-electron chi connectivity index (χ0n) is 23.0. The number of allylic oxidation sites excluding steroid dienone is 1. The Morgan fingerprint density at radius 3 is 2.42 bits per heavy atom. The molecule has 1 saturated heterocycles. The smallest absolute Gasteiger partial charge is 0.224 e. The van der Waals surface area contributed by atoms with Crippen molar-refractivity contribution < 1.29 is 13.9 Å². The molecule has 0 spiro atoms. The third-order valence-corrected chi connectivity index (χ3v) is 8.94. The molecule has 3 heterocycles. The number of likely N-dealkylation sites (tertiary alicyclic amines) is 1. The minimum absolute atomic E-state index is 0.119. The van der Waals surface area contributed by atoms with Crippen molar-refractivity contribution in [3.05, 3.63) is 48.3 Å². The number of anilines is 3. The van der Waals surface area contributed by atoms with Gasteiger partial charge in [0, 0.05) is 36.9 Å². The quantitative estimate of drug-likeness (QED) is 0.318. The molecule has 3 aliphatic rings. The van der Waals surface area contributed by atoms with E-state index in [0.29, 0.717) is 29.0 Å². The lowest BCUT2D eigenvalue weighted by Gasteiger charge is -2.38. The molecule has 0 atom stereocenters. The van der Waals surface area contributed by atoms with Gasteiger partial charge in [-0.2, -0.15) is 4.98 Å².